The highest BCUT2D eigenvalue weighted by atomic mass is 31.2. The Labute approximate surface area is 348 Å². The molecular formula is C48H79NO7P+. The number of likely N-dealkylation sites (N-methyl/N-ethyl adjacent to an activating group) is 1. The van der Waals surface area contributed by atoms with Crippen LogP contribution in [0.5, 0.6) is 0 Å². The number of carbonyl (C=O) groups excluding carboxylic acids is 1. The second kappa shape index (κ2) is 39.7. The van der Waals surface area contributed by atoms with Crippen LogP contribution in [-0.2, 0) is 27.9 Å². The molecule has 9 heteroatoms. The minimum absolute atomic E-state index is 0.0550. The van der Waals surface area contributed by atoms with Crippen LogP contribution in [0.15, 0.2) is 122 Å². The van der Waals surface area contributed by atoms with Gasteiger partial charge in [0.1, 0.15) is 19.3 Å². The van der Waals surface area contributed by atoms with Crippen molar-refractivity contribution in [3.05, 3.63) is 122 Å². The van der Waals surface area contributed by atoms with Gasteiger partial charge in [0.25, 0.3) is 0 Å². The molecule has 0 saturated carbocycles. The molecule has 0 aromatic heterocycles. The molecule has 0 spiro atoms. The van der Waals surface area contributed by atoms with Gasteiger partial charge in [0.2, 0.25) is 0 Å². The third-order valence-electron chi connectivity index (χ3n) is 8.04. The molecule has 0 saturated heterocycles. The van der Waals surface area contributed by atoms with E-state index in [0.717, 1.165) is 83.5 Å². The van der Waals surface area contributed by atoms with E-state index in [1.165, 1.54) is 0 Å². The average Bonchev–Trinajstić information content (AvgIpc) is 3.16. The number of quaternary nitrogens is 1. The van der Waals surface area contributed by atoms with Gasteiger partial charge in [0.15, 0.2) is 0 Å². The first kappa shape index (κ1) is 53.9. The van der Waals surface area contributed by atoms with Gasteiger partial charge >= 0.3 is 13.8 Å². The highest BCUT2D eigenvalue weighted by Gasteiger charge is 2.26. The molecule has 0 bridgehead atoms. The zero-order chi connectivity index (χ0) is 42.0. The number of ether oxygens (including phenoxy) is 2. The molecule has 0 fully saturated rings. The van der Waals surface area contributed by atoms with Crippen LogP contribution in [0.1, 0.15) is 117 Å². The number of unbranched alkanes of at least 4 members (excludes halogenated alkanes) is 3. The molecule has 0 aliphatic rings. The van der Waals surface area contributed by atoms with Gasteiger partial charge in [-0.15, -0.1) is 0 Å². The SMILES string of the molecule is CC/C=C\C/C=C\C/C=C\C/C=C\C/C=C\CCCCCC(=O)OC(COCC/C=C\C/C=C\C/C=C\C/C=C\C/C=C\CC)COP(=O)(O)OCC[N+](C)(C)C. The number of hydrogen-bond donors (Lipinski definition) is 1. The Kier molecular flexibility index (Phi) is 37.6. The Balaban J connectivity index is 4.48. The summed E-state index contributed by atoms with van der Waals surface area (Å²) in [5, 5.41) is 0. The summed E-state index contributed by atoms with van der Waals surface area (Å²) in [6.07, 6.45) is 56.9. The second-order valence-corrected chi connectivity index (χ2v) is 16.1. The van der Waals surface area contributed by atoms with Gasteiger partial charge < -0.3 is 18.9 Å². The predicted octanol–water partition coefficient (Wildman–Crippen LogP) is 12.6. The molecule has 0 aliphatic heterocycles. The topological polar surface area (TPSA) is 91.3 Å². The normalized spacial score (nSPS) is 15.0. The lowest BCUT2D eigenvalue weighted by molar-refractivity contribution is -0.870. The fourth-order valence-electron chi connectivity index (χ4n) is 4.82. The predicted molar refractivity (Wildman–Crippen MR) is 242 cm³/mol. The Bertz CT molecular complexity index is 1310. The zero-order valence-corrected chi connectivity index (χ0v) is 37.2. The van der Waals surface area contributed by atoms with Crippen LogP contribution >= 0.6 is 7.82 Å². The van der Waals surface area contributed by atoms with Gasteiger partial charge in [-0.25, -0.2) is 4.57 Å². The third kappa shape index (κ3) is 43.9. The highest BCUT2D eigenvalue weighted by molar-refractivity contribution is 7.47. The second-order valence-electron chi connectivity index (χ2n) is 14.6. The van der Waals surface area contributed by atoms with Crippen LogP contribution < -0.4 is 0 Å². The number of phosphoric acid groups is 1. The largest absolute Gasteiger partial charge is 0.472 e. The molecule has 0 aromatic rings. The maximum absolute atomic E-state index is 12.7. The number of carbonyl (C=O) groups is 1. The van der Waals surface area contributed by atoms with Crippen LogP contribution in [0.4, 0.5) is 0 Å². The number of rotatable bonds is 37. The van der Waals surface area contributed by atoms with Crippen molar-refractivity contribution in [1.29, 1.82) is 0 Å². The fourth-order valence-corrected chi connectivity index (χ4v) is 5.56. The van der Waals surface area contributed by atoms with Gasteiger partial charge in [-0.05, 0) is 89.9 Å². The van der Waals surface area contributed by atoms with Crippen molar-refractivity contribution in [2.45, 2.75) is 123 Å². The standard InChI is InChI=1S/C48H78NO7P/c1-6-8-10-12-14-16-18-20-22-24-25-26-27-29-31-33-35-37-39-41-48(50)56-47(46-55-57(51,52)54-44-42-49(3,4)5)45-53-43-40-38-36-34-32-30-28-23-21-19-17-15-13-11-9-7-2/h8-11,14-17,20-23,25-26,29-32,36,38,47H,6-7,12-13,18-19,24,27-28,33-35,37,39-46H2,1-5H3/p+1/b10-8-,11-9-,16-14-,17-15-,22-20-,23-21-,26-25-,31-29-,32-30-,38-36-. The molecular weight excluding hydrogens is 734 g/mol. The molecule has 8 nitrogen and oxygen atoms in total. The monoisotopic (exact) mass is 813 g/mol. The van der Waals surface area contributed by atoms with Gasteiger partial charge in [-0.2, -0.15) is 0 Å². The summed E-state index contributed by atoms with van der Waals surface area (Å²) in [5.74, 6) is -0.376. The third-order valence-corrected chi connectivity index (χ3v) is 9.02. The van der Waals surface area contributed by atoms with Crippen molar-refractivity contribution in [2.24, 2.45) is 0 Å². The van der Waals surface area contributed by atoms with Crippen molar-refractivity contribution < 1.29 is 37.3 Å². The van der Waals surface area contributed by atoms with E-state index in [9.17, 15) is 14.3 Å². The highest BCUT2D eigenvalue weighted by Crippen LogP contribution is 2.43. The van der Waals surface area contributed by atoms with Crippen molar-refractivity contribution in [3.8, 4) is 0 Å². The quantitative estimate of drug-likeness (QED) is 0.0220. The average molecular weight is 813 g/mol. The lowest BCUT2D eigenvalue weighted by atomic mass is 10.1. The number of esters is 1. The van der Waals surface area contributed by atoms with E-state index in [4.69, 9.17) is 18.5 Å². The molecule has 57 heavy (non-hydrogen) atoms. The van der Waals surface area contributed by atoms with E-state index in [1.54, 1.807) is 0 Å². The molecule has 0 heterocycles. The molecule has 0 rings (SSSR count). The maximum Gasteiger partial charge on any atom is 0.472 e. The van der Waals surface area contributed by atoms with Crippen molar-refractivity contribution in [3.63, 3.8) is 0 Å². The van der Waals surface area contributed by atoms with E-state index in [1.807, 2.05) is 21.1 Å². The summed E-state index contributed by atoms with van der Waals surface area (Å²) in [5.41, 5.74) is 0. The van der Waals surface area contributed by atoms with Crippen molar-refractivity contribution in [2.75, 3.05) is 54.1 Å². The molecule has 0 aromatic carbocycles. The number of hydrogen-bond acceptors (Lipinski definition) is 6. The van der Waals surface area contributed by atoms with Gasteiger partial charge in [0.05, 0.1) is 41.0 Å². The van der Waals surface area contributed by atoms with E-state index in [0.29, 0.717) is 30.5 Å². The van der Waals surface area contributed by atoms with Crippen LogP contribution in [0, 0.1) is 0 Å². The molecule has 0 amide bonds. The Hall–Kier alpha value is -3.10. The van der Waals surface area contributed by atoms with Crippen LogP contribution in [-0.4, -0.2) is 75.6 Å². The van der Waals surface area contributed by atoms with Crippen LogP contribution in [0.3, 0.4) is 0 Å². The first-order valence-electron chi connectivity index (χ1n) is 21.3. The van der Waals surface area contributed by atoms with E-state index < -0.39 is 13.9 Å². The molecule has 1 N–H and O–H groups in total. The summed E-state index contributed by atoms with van der Waals surface area (Å²) in [4.78, 5) is 22.9. The van der Waals surface area contributed by atoms with Gasteiger partial charge in [-0.3, -0.25) is 13.8 Å². The lowest BCUT2D eigenvalue weighted by Crippen LogP contribution is -2.37. The lowest BCUT2D eigenvalue weighted by Gasteiger charge is -2.24. The Morgan fingerprint density at radius 1 is 0.544 bits per heavy atom. The summed E-state index contributed by atoms with van der Waals surface area (Å²) >= 11 is 0. The minimum atomic E-state index is -4.31. The van der Waals surface area contributed by atoms with E-state index >= 15 is 0 Å². The summed E-state index contributed by atoms with van der Waals surface area (Å²) in [7, 11) is 1.57. The zero-order valence-electron chi connectivity index (χ0n) is 36.3. The summed E-state index contributed by atoms with van der Waals surface area (Å²) in [6, 6.07) is 0. The smallest absolute Gasteiger partial charge is 0.457 e. The van der Waals surface area contributed by atoms with Crippen molar-refractivity contribution in [1.82, 2.24) is 0 Å². The Morgan fingerprint density at radius 2 is 0.965 bits per heavy atom. The number of nitrogens with zero attached hydrogens (tertiary/aromatic N) is 1. The fraction of sp³-hybridized carbons (Fsp3) is 0.562. The van der Waals surface area contributed by atoms with Crippen molar-refractivity contribution >= 4 is 13.8 Å². The van der Waals surface area contributed by atoms with Crippen LogP contribution in [0.2, 0.25) is 0 Å². The molecule has 2 atom stereocenters. The van der Waals surface area contributed by atoms with Crippen LogP contribution in [0.25, 0.3) is 0 Å². The summed E-state index contributed by atoms with van der Waals surface area (Å²) in [6.45, 7) is 5.06. The number of allylic oxidation sites excluding steroid dienone is 19. The first-order valence-corrected chi connectivity index (χ1v) is 22.8. The molecule has 2 unspecified atom stereocenters. The van der Waals surface area contributed by atoms with Gasteiger partial charge in [-0.1, -0.05) is 142 Å². The minimum Gasteiger partial charge on any atom is -0.457 e. The Morgan fingerprint density at radius 3 is 1.40 bits per heavy atom. The number of phosphoric ester groups is 1. The molecule has 0 radical (unpaired) electrons. The molecule has 322 valence electrons. The van der Waals surface area contributed by atoms with E-state index in [2.05, 4.69) is 135 Å². The summed E-state index contributed by atoms with van der Waals surface area (Å²) < 4.78 is 34.8. The van der Waals surface area contributed by atoms with E-state index in [-0.39, 0.29) is 32.2 Å². The molecule has 0 aliphatic carbocycles. The maximum atomic E-state index is 12.7. The van der Waals surface area contributed by atoms with Gasteiger partial charge in [0, 0.05) is 6.42 Å². The first-order chi connectivity index (χ1) is 27.6.